The Labute approximate surface area is 203 Å². The summed E-state index contributed by atoms with van der Waals surface area (Å²) in [5, 5.41) is 0. The summed E-state index contributed by atoms with van der Waals surface area (Å²) < 4.78 is 31.3. The van der Waals surface area contributed by atoms with E-state index in [0.29, 0.717) is 16.9 Å². The van der Waals surface area contributed by atoms with Crippen molar-refractivity contribution in [1.29, 1.82) is 0 Å². The molecule has 5 rings (SSSR count). The first kappa shape index (κ1) is 21.7. The average molecular weight is 538 g/mol. The van der Waals surface area contributed by atoms with Crippen LogP contribution in [0.1, 0.15) is 11.1 Å². The Balaban J connectivity index is 1.54. The first-order valence-electron chi connectivity index (χ1n) is 10.1. The van der Waals surface area contributed by atoms with Crippen LogP contribution < -0.4 is 9.29 Å². The Morgan fingerprint density at radius 2 is 1.45 bits per heavy atom. The number of aromatic nitrogens is 3. The van der Waals surface area contributed by atoms with Crippen LogP contribution in [0.5, 0.6) is 0 Å². The highest BCUT2D eigenvalue weighted by molar-refractivity contribution is 9.11. The molecule has 33 heavy (non-hydrogen) atoms. The second kappa shape index (κ2) is 9.01. The molecule has 0 radical (unpaired) electrons. The van der Waals surface area contributed by atoms with Crippen molar-refractivity contribution in [2.45, 2.75) is 10.6 Å². The van der Waals surface area contributed by atoms with Gasteiger partial charge in [-0.2, -0.15) is 0 Å². The topological polar surface area (TPSA) is 75.8 Å². The van der Waals surface area contributed by atoms with E-state index in [1.807, 2.05) is 60.9 Å². The third-order valence-electron chi connectivity index (χ3n) is 4.99. The van der Waals surface area contributed by atoms with Crippen LogP contribution in [-0.2, 0) is 16.4 Å². The summed E-state index contributed by atoms with van der Waals surface area (Å²) in [5.74, 6) is 0.568. The van der Waals surface area contributed by atoms with Crippen molar-refractivity contribution in [1.82, 2.24) is 9.97 Å². The van der Waals surface area contributed by atoms with Gasteiger partial charge in [0, 0.05) is 0 Å². The molecule has 0 aliphatic heterocycles. The zero-order valence-corrected chi connectivity index (χ0v) is 20.4. The summed E-state index contributed by atoms with van der Waals surface area (Å²) in [6, 6.07) is 24.8. The SMILES string of the molecule is O=S(=O)(Nc1nc2ccccc2nc1-[n+]1ccc(Cc2ccccc2)cc1)c1ccc(Br)s1. The van der Waals surface area contributed by atoms with Crippen LogP contribution in [0.3, 0.4) is 0 Å². The van der Waals surface area contributed by atoms with Gasteiger partial charge >= 0.3 is 5.82 Å². The van der Waals surface area contributed by atoms with Crippen molar-refractivity contribution in [3.05, 3.63) is 106 Å². The lowest BCUT2D eigenvalue weighted by Crippen LogP contribution is -2.33. The van der Waals surface area contributed by atoms with Crippen molar-refractivity contribution in [3.8, 4) is 5.82 Å². The summed E-state index contributed by atoms with van der Waals surface area (Å²) in [4.78, 5) is 9.29. The molecule has 164 valence electrons. The Kier molecular flexibility index (Phi) is 5.92. The van der Waals surface area contributed by atoms with E-state index < -0.39 is 10.0 Å². The molecule has 0 unspecified atom stereocenters. The summed E-state index contributed by atoms with van der Waals surface area (Å²) in [6.07, 6.45) is 4.55. The molecule has 0 bridgehead atoms. The minimum Gasteiger partial charge on any atom is -0.256 e. The number of thiophene rings is 1. The van der Waals surface area contributed by atoms with Crippen molar-refractivity contribution in [2.24, 2.45) is 0 Å². The van der Waals surface area contributed by atoms with E-state index in [1.165, 1.54) is 5.56 Å². The average Bonchev–Trinajstić information content (AvgIpc) is 3.27. The highest BCUT2D eigenvalue weighted by Crippen LogP contribution is 2.28. The van der Waals surface area contributed by atoms with E-state index in [0.717, 1.165) is 27.1 Å². The normalized spacial score (nSPS) is 11.5. The van der Waals surface area contributed by atoms with Gasteiger partial charge in [0.25, 0.3) is 10.0 Å². The minimum absolute atomic E-state index is 0.166. The minimum atomic E-state index is -3.82. The Hall–Kier alpha value is -3.14. The molecule has 0 amide bonds. The first-order valence-corrected chi connectivity index (χ1v) is 13.2. The van der Waals surface area contributed by atoms with Gasteiger partial charge in [0.2, 0.25) is 11.3 Å². The van der Waals surface area contributed by atoms with Crippen molar-refractivity contribution >= 4 is 54.1 Å². The van der Waals surface area contributed by atoms with Gasteiger partial charge in [0.05, 0.1) is 16.2 Å². The fraction of sp³-hybridized carbons (Fsp3) is 0.0417. The number of sulfonamides is 1. The van der Waals surface area contributed by atoms with Gasteiger partial charge in [-0.1, -0.05) is 42.5 Å². The van der Waals surface area contributed by atoms with Crippen LogP contribution in [0.4, 0.5) is 5.82 Å². The molecule has 9 heteroatoms. The lowest BCUT2D eigenvalue weighted by Gasteiger charge is -2.08. The van der Waals surface area contributed by atoms with E-state index in [1.54, 1.807) is 22.8 Å². The zero-order valence-electron chi connectivity index (χ0n) is 17.2. The number of fused-ring (bicyclic) bond motifs is 1. The lowest BCUT2D eigenvalue weighted by atomic mass is 10.1. The number of halogens is 1. The lowest BCUT2D eigenvalue weighted by molar-refractivity contribution is -0.598. The zero-order chi connectivity index (χ0) is 22.8. The maximum Gasteiger partial charge on any atom is 0.372 e. The third-order valence-corrected chi connectivity index (χ3v) is 8.45. The molecule has 0 fully saturated rings. The van der Waals surface area contributed by atoms with Crippen LogP contribution in [0.15, 0.2) is 99.3 Å². The van der Waals surface area contributed by atoms with Crippen molar-refractivity contribution < 1.29 is 13.0 Å². The van der Waals surface area contributed by atoms with Gasteiger partial charge in [-0.25, -0.2) is 18.0 Å². The summed E-state index contributed by atoms with van der Waals surface area (Å²) >= 11 is 4.45. The van der Waals surface area contributed by atoms with E-state index in [9.17, 15) is 8.42 Å². The number of pyridine rings is 1. The van der Waals surface area contributed by atoms with E-state index in [-0.39, 0.29) is 10.0 Å². The van der Waals surface area contributed by atoms with Crippen LogP contribution in [0.25, 0.3) is 16.9 Å². The summed E-state index contributed by atoms with van der Waals surface area (Å²) in [6.45, 7) is 0. The molecule has 0 atom stereocenters. The number of rotatable bonds is 6. The Morgan fingerprint density at radius 3 is 2.12 bits per heavy atom. The molecular weight excluding hydrogens is 520 g/mol. The van der Waals surface area contributed by atoms with Gasteiger partial charge in [-0.15, -0.1) is 11.3 Å². The number of benzene rings is 2. The maximum absolute atomic E-state index is 13.0. The monoisotopic (exact) mass is 537 g/mol. The number of anilines is 1. The molecule has 0 aliphatic rings. The molecule has 6 nitrogen and oxygen atoms in total. The fourth-order valence-corrected chi connectivity index (χ4v) is 6.42. The number of nitrogens with one attached hydrogen (secondary N) is 1. The second-order valence-electron chi connectivity index (χ2n) is 7.32. The molecule has 0 spiro atoms. The third kappa shape index (κ3) is 4.80. The van der Waals surface area contributed by atoms with E-state index in [4.69, 9.17) is 4.98 Å². The van der Waals surface area contributed by atoms with Crippen molar-refractivity contribution in [3.63, 3.8) is 0 Å². The van der Waals surface area contributed by atoms with Crippen LogP contribution >= 0.6 is 27.3 Å². The second-order valence-corrected chi connectivity index (χ2v) is 11.7. The number of hydrogen-bond donors (Lipinski definition) is 1. The van der Waals surface area contributed by atoms with Crippen LogP contribution in [0.2, 0.25) is 0 Å². The van der Waals surface area contributed by atoms with Crippen LogP contribution in [0, 0.1) is 0 Å². The first-order chi connectivity index (χ1) is 16.0. The predicted molar refractivity (Wildman–Crippen MR) is 133 cm³/mol. The fourth-order valence-electron chi connectivity index (χ4n) is 3.41. The standard InChI is InChI=1S/C24H18BrN4O2S2/c25-21-10-11-22(32-21)33(30,31)28-23-24(27-20-9-5-4-8-19(20)26-23)29-14-12-18(13-15-29)16-17-6-2-1-3-7-17/h1-15H,16H2,(H,26,28)/q+1. The molecule has 0 saturated carbocycles. The van der Waals surface area contributed by atoms with E-state index in [2.05, 4.69) is 37.8 Å². The quantitative estimate of drug-likeness (QED) is 0.305. The molecule has 2 aromatic carbocycles. The molecule has 0 saturated heterocycles. The van der Waals surface area contributed by atoms with Gasteiger partial charge < -0.3 is 0 Å². The molecule has 5 aromatic rings. The predicted octanol–water partition coefficient (Wildman–Crippen LogP) is 5.12. The van der Waals surface area contributed by atoms with Gasteiger partial charge in [-0.05, 0) is 74.9 Å². The van der Waals surface area contributed by atoms with E-state index >= 15 is 0 Å². The Bertz CT molecular complexity index is 1540. The number of hydrogen-bond acceptors (Lipinski definition) is 5. The highest BCUT2D eigenvalue weighted by atomic mass is 79.9. The van der Waals surface area contributed by atoms with Gasteiger partial charge in [-0.3, -0.25) is 4.72 Å². The molecule has 1 N–H and O–H groups in total. The highest BCUT2D eigenvalue weighted by Gasteiger charge is 2.25. The summed E-state index contributed by atoms with van der Waals surface area (Å²) in [5.41, 5.74) is 3.64. The number of para-hydroxylation sites is 2. The van der Waals surface area contributed by atoms with Crippen LogP contribution in [-0.4, -0.2) is 18.4 Å². The van der Waals surface area contributed by atoms with Crippen molar-refractivity contribution in [2.75, 3.05) is 4.72 Å². The molecule has 0 aliphatic carbocycles. The molecule has 3 heterocycles. The number of nitrogens with zero attached hydrogens (tertiary/aromatic N) is 3. The van der Waals surface area contributed by atoms with Gasteiger partial charge in [0.15, 0.2) is 0 Å². The Morgan fingerprint density at radius 1 is 0.818 bits per heavy atom. The summed E-state index contributed by atoms with van der Waals surface area (Å²) in [7, 11) is -3.82. The molecular formula is C24H18BrN4O2S2+. The maximum atomic E-state index is 13.0. The smallest absolute Gasteiger partial charge is 0.256 e. The van der Waals surface area contributed by atoms with Gasteiger partial charge in [0.1, 0.15) is 9.73 Å². The largest absolute Gasteiger partial charge is 0.372 e. The molecule has 3 aromatic heterocycles.